The third-order valence-corrected chi connectivity index (χ3v) is 3.79. The minimum atomic E-state index is -4.24. The highest BCUT2D eigenvalue weighted by Crippen LogP contribution is 2.53. The molecule has 2 aliphatic carbocycles. The van der Waals surface area contributed by atoms with Gasteiger partial charge in [0.25, 0.3) is 0 Å². The van der Waals surface area contributed by atoms with Gasteiger partial charge in [-0.1, -0.05) is 6.07 Å². The van der Waals surface area contributed by atoms with Crippen LogP contribution in [0, 0.1) is 0 Å². The highest BCUT2D eigenvalue weighted by atomic mass is 19.4. The van der Waals surface area contributed by atoms with Crippen LogP contribution in [-0.2, 0) is 12.6 Å². The molecule has 1 atom stereocenters. The summed E-state index contributed by atoms with van der Waals surface area (Å²) in [5.74, 6) is 0.282. The number of alkyl halides is 3. The van der Waals surface area contributed by atoms with Crippen molar-refractivity contribution in [2.75, 3.05) is 0 Å². The Morgan fingerprint density at radius 2 is 1.94 bits per heavy atom. The molecule has 1 nitrogen and oxygen atoms in total. The molecule has 86 valence electrons. The standard InChI is InChI=1S/C12H12F3N/c13-12(14,15)8-1-2-9-7(5-8)6-10(9)11(16)3-4-11/h1-2,5,10H,3-4,6,16H2. The molecule has 0 heterocycles. The third-order valence-electron chi connectivity index (χ3n) is 3.79. The highest BCUT2D eigenvalue weighted by Gasteiger charge is 2.50. The van der Waals surface area contributed by atoms with Crippen molar-refractivity contribution in [1.82, 2.24) is 0 Å². The van der Waals surface area contributed by atoms with E-state index in [1.165, 1.54) is 6.07 Å². The third kappa shape index (κ3) is 1.36. The van der Waals surface area contributed by atoms with Gasteiger partial charge in [0.05, 0.1) is 5.56 Å². The van der Waals surface area contributed by atoms with Gasteiger partial charge in [0.15, 0.2) is 0 Å². The Hall–Kier alpha value is -1.03. The lowest BCUT2D eigenvalue weighted by atomic mass is 9.71. The number of fused-ring (bicyclic) bond motifs is 1. The smallest absolute Gasteiger partial charge is 0.325 e. The molecule has 1 aromatic carbocycles. The lowest BCUT2D eigenvalue weighted by molar-refractivity contribution is -0.137. The number of hydrogen-bond donors (Lipinski definition) is 1. The zero-order chi connectivity index (χ0) is 11.6. The van der Waals surface area contributed by atoms with Crippen molar-refractivity contribution in [1.29, 1.82) is 0 Å². The van der Waals surface area contributed by atoms with E-state index in [2.05, 4.69) is 0 Å². The van der Waals surface area contributed by atoms with Gasteiger partial charge < -0.3 is 5.73 Å². The van der Waals surface area contributed by atoms with Crippen molar-refractivity contribution in [3.05, 3.63) is 34.9 Å². The molecule has 0 saturated heterocycles. The van der Waals surface area contributed by atoms with E-state index in [1.807, 2.05) is 0 Å². The summed E-state index contributed by atoms with van der Waals surface area (Å²) in [5.41, 5.74) is 7.24. The zero-order valence-corrected chi connectivity index (χ0v) is 8.64. The lowest BCUT2D eigenvalue weighted by Gasteiger charge is -2.35. The number of rotatable bonds is 1. The average molecular weight is 227 g/mol. The van der Waals surface area contributed by atoms with Gasteiger partial charge >= 0.3 is 6.18 Å². The Balaban J connectivity index is 1.91. The molecule has 1 unspecified atom stereocenters. The Morgan fingerprint density at radius 1 is 1.25 bits per heavy atom. The monoisotopic (exact) mass is 227 g/mol. The molecule has 2 aliphatic rings. The van der Waals surface area contributed by atoms with Crippen molar-refractivity contribution in [2.24, 2.45) is 5.73 Å². The predicted octanol–water partition coefficient (Wildman–Crippen LogP) is 2.84. The summed E-state index contributed by atoms with van der Waals surface area (Å²) in [6, 6.07) is 4.02. The van der Waals surface area contributed by atoms with Gasteiger partial charge in [-0.2, -0.15) is 13.2 Å². The van der Waals surface area contributed by atoms with Crippen molar-refractivity contribution >= 4 is 0 Å². The van der Waals surface area contributed by atoms with Crippen LogP contribution in [0.4, 0.5) is 13.2 Å². The zero-order valence-electron chi connectivity index (χ0n) is 8.64. The molecule has 1 aromatic rings. The number of benzene rings is 1. The molecule has 1 saturated carbocycles. The lowest BCUT2D eigenvalue weighted by Crippen LogP contribution is -2.37. The van der Waals surface area contributed by atoms with E-state index in [0.717, 1.165) is 30.0 Å². The van der Waals surface area contributed by atoms with Crippen molar-refractivity contribution in [2.45, 2.75) is 36.9 Å². The maximum absolute atomic E-state index is 12.4. The van der Waals surface area contributed by atoms with E-state index in [-0.39, 0.29) is 11.5 Å². The van der Waals surface area contributed by atoms with Gasteiger partial charge in [-0.3, -0.25) is 0 Å². The molecular formula is C12H12F3N. The van der Waals surface area contributed by atoms with Crippen molar-refractivity contribution in [3.63, 3.8) is 0 Å². The Kier molecular flexibility index (Phi) is 1.78. The Bertz CT molecular complexity index is 446. The first-order chi connectivity index (χ1) is 7.40. The minimum absolute atomic E-state index is 0.118. The summed E-state index contributed by atoms with van der Waals surface area (Å²) in [7, 11) is 0. The van der Waals surface area contributed by atoms with Gasteiger partial charge in [0, 0.05) is 11.5 Å². The van der Waals surface area contributed by atoms with Crippen LogP contribution in [0.15, 0.2) is 18.2 Å². The molecule has 0 aliphatic heterocycles. The number of halogens is 3. The highest BCUT2D eigenvalue weighted by molar-refractivity contribution is 5.47. The Labute approximate surface area is 91.4 Å². The molecule has 4 heteroatoms. The van der Waals surface area contributed by atoms with Gasteiger partial charge in [0.1, 0.15) is 0 Å². The van der Waals surface area contributed by atoms with Crippen molar-refractivity contribution < 1.29 is 13.2 Å². The fourth-order valence-electron chi connectivity index (χ4n) is 2.50. The van der Waals surface area contributed by atoms with E-state index in [9.17, 15) is 13.2 Å². The summed E-state index contributed by atoms with van der Waals surface area (Å²) in [5, 5.41) is 0. The fourth-order valence-corrected chi connectivity index (χ4v) is 2.50. The van der Waals surface area contributed by atoms with Crippen LogP contribution in [0.5, 0.6) is 0 Å². The second kappa shape index (κ2) is 2.80. The molecule has 0 bridgehead atoms. The topological polar surface area (TPSA) is 26.0 Å². The molecular weight excluding hydrogens is 215 g/mol. The first-order valence-corrected chi connectivity index (χ1v) is 5.39. The SMILES string of the molecule is NC1(C2Cc3cc(C(F)(F)F)ccc32)CC1. The van der Waals surface area contributed by atoms with Gasteiger partial charge in [-0.15, -0.1) is 0 Å². The maximum Gasteiger partial charge on any atom is 0.416 e. The molecule has 0 amide bonds. The second-order valence-electron chi connectivity index (χ2n) is 4.90. The van der Waals surface area contributed by atoms with Crippen LogP contribution >= 0.6 is 0 Å². The summed E-state index contributed by atoms with van der Waals surface area (Å²) >= 11 is 0. The van der Waals surface area contributed by atoms with Crippen LogP contribution in [0.3, 0.4) is 0 Å². The number of nitrogens with two attached hydrogens (primary N) is 1. The fraction of sp³-hybridized carbons (Fsp3) is 0.500. The molecule has 3 rings (SSSR count). The Morgan fingerprint density at radius 3 is 2.44 bits per heavy atom. The maximum atomic E-state index is 12.4. The van der Waals surface area contributed by atoms with Gasteiger partial charge in [-0.05, 0) is 42.5 Å². The molecule has 0 aromatic heterocycles. The van der Waals surface area contributed by atoms with Crippen LogP contribution in [-0.4, -0.2) is 5.54 Å². The van der Waals surface area contributed by atoms with E-state index >= 15 is 0 Å². The normalized spacial score (nSPS) is 25.9. The van der Waals surface area contributed by atoms with E-state index in [4.69, 9.17) is 5.73 Å². The minimum Gasteiger partial charge on any atom is -0.325 e. The predicted molar refractivity (Wildman–Crippen MR) is 54.0 cm³/mol. The van der Waals surface area contributed by atoms with E-state index in [1.54, 1.807) is 6.07 Å². The van der Waals surface area contributed by atoms with Crippen LogP contribution in [0.2, 0.25) is 0 Å². The average Bonchev–Trinajstić information content (AvgIpc) is 2.84. The molecule has 1 fully saturated rings. The summed E-state index contributed by atoms with van der Waals surface area (Å²) < 4.78 is 37.3. The molecule has 2 N–H and O–H groups in total. The molecule has 0 radical (unpaired) electrons. The van der Waals surface area contributed by atoms with Gasteiger partial charge in [-0.25, -0.2) is 0 Å². The largest absolute Gasteiger partial charge is 0.416 e. The number of hydrogen-bond acceptors (Lipinski definition) is 1. The second-order valence-corrected chi connectivity index (χ2v) is 4.90. The first-order valence-electron chi connectivity index (χ1n) is 5.39. The summed E-state index contributed by atoms with van der Waals surface area (Å²) in [4.78, 5) is 0. The van der Waals surface area contributed by atoms with Crippen LogP contribution < -0.4 is 5.73 Å². The first kappa shape index (κ1) is 10.1. The van der Waals surface area contributed by atoms with Crippen LogP contribution in [0.25, 0.3) is 0 Å². The summed E-state index contributed by atoms with van der Waals surface area (Å²) in [6.07, 6.45) is -1.54. The van der Waals surface area contributed by atoms with Crippen LogP contribution in [0.1, 0.15) is 35.4 Å². The van der Waals surface area contributed by atoms with E-state index in [0.29, 0.717) is 6.42 Å². The van der Waals surface area contributed by atoms with Crippen molar-refractivity contribution in [3.8, 4) is 0 Å². The summed E-state index contributed by atoms with van der Waals surface area (Å²) in [6.45, 7) is 0. The molecule has 16 heavy (non-hydrogen) atoms. The quantitative estimate of drug-likeness (QED) is 0.784. The van der Waals surface area contributed by atoms with E-state index < -0.39 is 11.7 Å². The van der Waals surface area contributed by atoms with Gasteiger partial charge in [0.2, 0.25) is 0 Å². The molecule has 0 spiro atoms.